The highest BCUT2D eigenvalue weighted by atomic mass is 32.2. The third-order valence-corrected chi connectivity index (χ3v) is 7.87. The van der Waals surface area contributed by atoms with E-state index in [2.05, 4.69) is 91.9 Å². The van der Waals surface area contributed by atoms with E-state index in [-0.39, 0.29) is 0 Å². The smallest absolute Gasteiger partial charge is 0.485 e. The molecule has 3 aromatic carbocycles. The fourth-order valence-electron chi connectivity index (χ4n) is 2.97. The van der Waals surface area contributed by atoms with Crippen LogP contribution in [-0.2, 0) is 10.1 Å². The van der Waals surface area contributed by atoms with Gasteiger partial charge in [-0.25, -0.2) is 8.42 Å². The van der Waals surface area contributed by atoms with Crippen LogP contribution in [0.4, 0.5) is 13.2 Å². The summed E-state index contributed by atoms with van der Waals surface area (Å²) in [6.45, 7) is 3.02. The van der Waals surface area contributed by atoms with Crippen LogP contribution in [0.2, 0.25) is 0 Å². The molecule has 178 valence electrons. The minimum Gasteiger partial charge on any atom is -0.741 e. The van der Waals surface area contributed by atoms with E-state index in [1.807, 2.05) is 0 Å². The van der Waals surface area contributed by atoms with Crippen LogP contribution in [0.5, 0.6) is 5.75 Å². The van der Waals surface area contributed by atoms with Crippen LogP contribution in [0.15, 0.2) is 84.9 Å². The Balaban J connectivity index is 0.000000414. The Bertz CT molecular complexity index is 1020. The molecule has 0 saturated heterocycles. The first-order valence-corrected chi connectivity index (χ1v) is 13.3. The average molecular weight is 499 g/mol. The number of alkyl halides is 3. The monoisotopic (exact) mass is 498 g/mol. The highest BCUT2D eigenvalue weighted by molar-refractivity contribution is 7.86. The van der Waals surface area contributed by atoms with Gasteiger partial charge in [0.2, 0.25) is 0 Å². The molecule has 0 aliphatic heterocycles. The molecule has 3 aromatic rings. The Hall–Kier alpha value is -2.41. The summed E-state index contributed by atoms with van der Waals surface area (Å²) >= 11 is 0. The molecule has 0 saturated carbocycles. The first-order chi connectivity index (χ1) is 15.6. The Morgan fingerprint density at radius 2 is 1.21 bits per heavy atom. The molecule has 0 aromatic heterocycles. The van der Waals surface area contributed by atoms with Gasteiger partial charge in [-0.1, -0.05) is 56.2 Å². The van der Waals surface area contributed by atoms with Crippen molar-refractivity contribution in [1.82, 2.24) is 0 Å². The highest BCUT2D eigenvalue weighted by Crippen LogP contribution is 2.33. The molecule has 0 heterocycles. The Morgan fingerprint density at radius 1 is 0.788 bits per heavy atom. The molecule has 0 aliphatic carbocycles. The third kappa shape index (κ3) is 8.80. The van der Waals surface area contributed by atoms with Crippen LogP contribution in [0.1, 0.15) is 26.2 Å². The molecule has 0 spiro atoms. The molecule has 4 nitrogen and oxygen atoms in total. The fourth-order valence-corrected chi connectivity index (χ4v) is 5.52. The number of rotatable bonds is 8. The summed E-state index contributed by atoms with van der Waals surface area (Å²) in [7, 11) is -7.07. The van der Waals surface area contributed by atoms with Gasteiger partial charge in [0, 0.05) is 0 Å². The van der Waals surface area contributed by atoms with Crippen LogP contribution in [0.3, 0.4) is 0 Å². The zero-order valence-corrected chi connectivity index (χ0v) is 19.9. The molecule has 0 radical (unpaired) electrons. The maximum atomic E-state index is 10.7. The van der Waals surface area contributed by atoms with Gasteiger partial charge in [-0.15, -0.1) is 0 Å². The predicted molar refractivity (Wildman–Crippen MR) is 127 cm³/mol. The molecule has 0 amide bonds. The second-order valence-corrected chi connectivity index (χ2v) is 10.9. The molecule has 0 aliphatic rings. The van der Waals surface area contributed by atoms with E-state index in [4.69, 9.17) is 17.7 Å². The number of ether oxygens (including phenoxy) is 1. The van der Waals surface area contributed by atoms with Gasteiger partial charge in [-0.2, -0.15) is 13.2 Å². The first-order valence-electron chi connectivity index (χ1n) is 10.4. The second-order valence-electron chi connectivity index (χ2n) is 7.09. The van der Waals surface area contributed by atoms with Crippen molar-refractivity contribution in [3.63, 3.8) is 0 Å². The van der Waals surface area contributed by atoms with Crippen LogP contribution < -0.4 is 20.7 Å². The minimum absolute atomic E-state index is 0.808. The van der Waals surface area contributed by atoms with E-state index in [1.165, 1.54) is 28.8 Å². The van der Waals surface area contributed by atoms with E-state index in [0.29, 0.717) is 0 Å². The summed E-state index contributed by atoms with van der Waals surface area (Å²) in [5, 5.41) is 4.22. The zero-order valence-electron chi connectivity index (χ0n) is 18.1. The normalized spacial score (nSPS) is 11.6. The van der Waals surface area contributed by atoms with Gasteiger partial charge in [-0.3, -0.25) is 0 Å². The van der Waals surface area contributed by atoms with Crippen LogP contribution >= 0.6 is 7.92 Å². The molecule has 0 atom stereocenters. The third-order valence-electron chi connectivity index (χ3n) is 4.57. The molecule has 0 bridgehead atoms. The minimum atomic E-state index is -6.09. The first kappa shape index (κ1) is 26.8. The van der Waals surface area contributed by atoms with Gasteiger partial charge in [0.25, 0.3) is 0 Å². The van der Waals surface area contributed by atoms with Gasteiger partial charge in [0.1, 0.15) is 21.7 Å². The van der Waals surface area contributed by atoms with E-state index < -0.39 is 23.5 Å². The van der Waals surface area contributed by atoms with Gasteiger partial charge < -0.3 is 9.29 Å². The maximum absolute atomic E-state index is 10.7. The van der Waals surface area contributed by atoms with Crippen LogP contribution in [-0.4, -0.2) is 25.1 Å². The summed E-state index contributed by atoms with van der Waals surface area (Å²) in [5.74, 6) is 0.974. The Morgan fingerprint density at radius 3 is 1.61 bits per heavy atom. The average Bonchev–Trinajstić information content (AvgIpc) is 2.78. The Kier molecular flexibility index (Phi) is 10.4. The van der Waals surface area contributed by atoms with E-state index >= 15 is 0 Å². The summed E-state index contributed by atoms with van der Waals surface area (Å²) in [6, 6.07) is 30.4. The van der Waals surface area contributed by atoms with Crippen molar-refractivity contribution in [2.45, 2.75) is 31.7 Å². The molecule has 0 N–H and O–H groups in total. The number of halogens is 3. The number of unbranched alkanes of at least 4 members (excludes halogenated alkanes) is 2. The SMILES string of the molecule is CCCCCOc1ccc([PH+](c2ccccc2)c2ccccc2)cc1.O=S(=O)([O-])C(F)(F)F. The van der Waals surface area contributed by atoms with E-state index in [1.54, 1.807) is 0 Å². The van der Waals surface area contributed by atoms with Gasteiger partial charge in [-0.05, 0) is 55.0 Å². The van der Waals surface area contributed by atoms with Crippen molar-refractivity contribution in [3.8, 4) is 5.75 Å². The molecule has 0 fully saturated rings. The quantitative estimate of drug-likeness (QED) is 0.194. The van der Waals surface area contributed by atoms with Crippen molar-refractivity contribution < 1.29 is 30.9 Å². The molecule has 0 unspecified atom stereocenters. The van der Waals surface area contributed by atoms with Crippen molar-refractivity contribution in [2.75, 3.05) is 6.61 Å². The largest absolute Gasteiger partial charge is 0.741 e. The lowest BCUT2D eigenvalue weighted by molar-refractivity contribution is -0.0517. The lowest BCUT2D eigenvalue weighted by atomic mass is 10.3. The molecule has 9 heteroatoms. The van der Waals surface area contributed by atoms with E-state index in [0.717, 1.165) is 18.8 Å². The molecule has 33 heavy (non-hydrogen) atoms. The summed E-state index contributed by atoms with van der Waals surface area (Å²) in [4.78, 5) is 0. The zero-order chi connectivity index (χ0) is 24.3. The van der Waals surface area contributed by atoms with E-state index in [9.17, 15) is 13.2 Å². The van der Waals surface area contributed by atoms with Gasteiger partial charge in [0.05, 0.1) is 14.5 Å². The number of hydrogen-bond acceptors (Lipinski definition) is 4. The fraction of sp³-hybridized carbons (Fsp3) is 0.250. The highest BCUT2D eigenvalue weighted by Gasteiger charge is 2.36. The maximum Gasteiger partial charge on any atom is 0.485 e. The summed E-state index contributed by atoms with van der Waals surface area (Å²) < 4.78 is 64.8. The Labute approximate surface area is 193 Å². The predicted octanol–water partition coefficient (Wildman–Crippen LogP) is 4.80. The van der Waals surface area contributed by atoms with Crippen molar-refractivity contribution in [3.05, 3.63) is 84.9 Å². The standard InChI is InChI=1S/C23H25OP.CHF3O3S/c1-2-3-10-19-24-20-15-17-23(18-16-20)25(21-11-6-4-7-12-21)22-13-8-5-9-14-22;2-1(3,4)8(5,6)7/h4-9,11-18H,2-3,10,19H2,1H3;(H,5,6,7). The summed E-state index contributed by atoms with van der Waals surface area (Å²) in [6.07, 6.45) is 3.58. The molecule has 3 rings (SSSR count). The van der Waals surface area contributed by atoms with Crippen molar-refractivity contribution in [1.29, 1.82) is 0 Å². The molecular weight excluding hydrogens is 472 g/mol. The van der Waals surface area contributed by atoms with Crippen LogP contribution in [0, 0.1) is 0 Å². The topological polar surface area (TPSA) is 66.4 Å². The second kappa shape index (κ2) is 12.7. The summed E-state index contributed by atoms with van der Waals surface area (Å²) in [5.41, 5.74) is -5.65. The number of benzene rings is 3. The lowest BCUT2D eigenvalue weighted by Crippen LogP contribution is -2.21. The van der Waals surface area contributed by atoms with Crippen molar-refractivity contribution >= 4 is 34.0 Å². The van der Waals surface area contributed by atoms with Gasteiger partial charge in [0.15, 0.2) is 10.1 Å². The van der Waals surface area contributed by atoms with Crippen molar-refractivity contribution in [2.24, 2.45) is 0 Å². The lowest BCUT2D eigenvalue weighted by Gasteiger charge is -2.11. The molecular formula is C24H26F3O4PS. The number of hydrogen-bond donors (Lipinski definition) is 0. The van der Waals surface area contributed by atoms with Gasteiger partial charge >= 0.3 is 5.51 Å². The van der Waals surface area contributed by atoms with Crippen LogP contribution in [0.25, 0.3) is 0 Å².